The summed E-state index contributed by atoms with van der Waals surface area (Å²) in [6.07, 6.45) is 1.38. The van der Waals surface area contributed by atoms with Crippen LogP contribution in [0.2, 0.25) is 6.32 Å². The van der Waals surface area contributed by atoms with Crippen molar-refractivity contribution in [2.24, 2.45) is 0 Å². The molecule has 1 rings (SSSR count). The highest BCUT2D eigenvalue weighted by atomic mass is 16.3. The van der Waals surface area contributed by atoms with Crippen molar-refractivity contribution in [3.8, 4) is 0 Å². The first-order valence-corrected chi connectivity index (χ1v) is 4.39. The van der Waals surface area contributed by atoms with E-state index in [2.05, 4.69) is 7.28 Å². The number of hydrogen-bond acceptors (Lipinski definition) is 1. The highest BCUT2D eigenvalue weighted by Crippen LogP contribution is 1.96. The van der Waals surface area contributed by atoms with Gasteiger partial charge in [-0.15, -0.1) is 0 Å². The molecular weight excluding hydrogens is 147 g/mol. The molecular formula is C10H14BO. The van der Waals surface area contributed by atoms with Crippen molar-refractivity contribution in [1.29, 1.82) is 0 Å². The van der Waals surface area contributed by atoms with Crippen molar-refractivity contribution in [2.75, 3.05) is 0 Å². The van der Waals surface area contributed by atoms with Gasteiger partial charge >= 0.3 is 0 Å². The van der Waals surface area contributed by atoms with E-state index in [1.54, 1.807) is 0 Å². The van der Waals surface area contributed by atoms with Crippen LogP contribution in [0.5, 0.6) is 0 Å². The van der Waals surface area contributed by atoms with Gasteiger partial charge in [0, 0.05) is 6.10 Å². The van der Waals surface area contributed by atoms with Gasteiger partial charge in [-0.2, -0.15) is 0 Å². The summed E-state index contributed by atoms with van der Waals surface area (Å²) in [7, 11) is 2.06. The van der Waals surface area contributed by atoms with Gasteiger partial charge in [-0.05, 0) is 12.7 Å². The molecule has 0 amide bonds. The fourth-order valence-corrected chi connectivity index (χ4v) is 1.03. The van der Waals surface area contributed by atoms with Crippen LogP contribution in [-0.4, -0.2) is 18.5 Å². The highest BCUT2D eigenvalue weighted by molar-refractivity contribution is 6.53. The maximum atomic E-state index is 9.29. The molecule has 1 radical (unpaired) electrons. The summed E-state index contributed by atoms with van der Waals surface area (Å²) < 4.78 is 0. The average Bonchev–Trinajstić information content (AvgIpc) is 2.16. The molecule has 0 saturated heterocycles. The molecule has 1 unspecified atom stereocenters. The zero-order valence-corrected chi connectivity index (χ0v) is 7.40. The number of hydrogen-bond donors (Lipinski definition) is 1. The van der Waals surface area contributed by atoms with Crippen molar-refractivity contribution in [3.63, 3.8) is 0 Å². The third-order valence-corrected chi connectivity index (χ3v) is 1.90. The lowest BCUT2D eigenvalue weighted by atomic mass is 9.65. The first kappa shape index (κ1) is 9.33. The van der Waals surface area contributed by atoms with Gasteiger partial charge in [0.1, 0.15) is 0 Å². The summed E-state index contributed by atoms with van der Waals surface area (Å²) in [5.41, 5.74) is 1.19. The summed E-state index contributed by atoms with van der Waals surface area (Å²) in [5.74, 6) is 0. The fraction of sp³-hybridized carbons (Fsp3) is 0.400. The molecule has 1 aromatic rings. The maximum Gasteiger partial charge on any atom is 0.154 e. The molecule has 0 heterocycles. The Bertz CT molecular complexity index is 210. The minimum absolute atomic E-state index is 0.190. The second-order valence-corrected chi connectivity index (χ2v) is 2.91. The Balaban J connectivity index is 2.33. The Morgan fingerprint density at radius 3 is 2.58 bits per heavy atom. The van der Waals surface area contributed by atoms with Gasteiger partial charge in [0.2, 0.25) is 0 Å². The molecule has 1 nitrogen and oxygen atoms in total. The third-order valence-electron chi connectivity index (χ3n) is 1.90. The van der Waals surface area contributed by atoms with Crippen molar-refractivity contribution in [3.05, 3.63) is 30.3 Å². The van der Waals surface area contributed by atoms with Gasteiger partial charge in [0.05, 0.1) is 0 Å². The lowest BCUT2D eigenvalue weighted by Gasteiger charge is -2.05. The Morgan fingerprint density at radius 2 is 2.00 bits per heavy atom. The predicted octanol–water partition coefficient (Wildman–Crippen LogP) is 1.21. The van der Waals surface area contributed by atoms with E-state index in [9.17, 15) is 5.11 Å². The lowest BCUT2D eigenvalue weighted by molar-refractivity contribution is 0.191. The molecule has 2 heteroatoms. The molecule has 1 aromatic carbocycles. The smallest absolute Gasteiger partial charge is 0.154 e. The van der Waals surface area contributed by atoms with Gasteiger partial charge < -0.3 is 5.11 Å². The van der Waals surface area contributed by atoms with Crippen molar-refractivity contribution in [1.82, 2.24) is 0 Å². The van der Waals surface area contributed by atoms with E-state index in [1.807, 2.05) is 37.3 Å². The summed E-state index contributed by atoms with van der Waals surface area (Å²) >= 11 is 0. The molecule has 0 fully saturated rings. The van der Waals surface area contributed by atoms with Crippen LogP contribution in [0.4, 0.5) is 0 Å². The second kappa shape index (κ2) is 4.99. The van der Waals surface area contributed by atoms with E-state index in [1.165, 1.54) is 5.46 Å². The molecule has 0 aliphatic heterocycles. The highest BCUT2D eigenvalue weighted by Gasteiger charge is 2.01. The first-order chi connectivity index (χ1) is 5.83. The van der Waals surface area contributed by atoms with Crippen LogP contribution in [-0.2, 0) is 0 Å². The fourth-order valence-electron chi connectivity index (χ4n) is 1.03. The molecule has 0 aromatic heterocycles. The van der Waals surface area contributed by atoms with Crippen LogP contribution in [0.1, 0.15) is 13.3 Å². The van der Waals surface area contributed by atoms with Gasteiger partial charge in [-0.25, -0.2) is 0 Å². The van der Waals surface area contributed by atoms with Gasteiger partial charge in [0.15, 0.2) is 7.28 Å². The summed E-state index contributed by atoms with van der Waals surface area (Å²) in [4.78, 5) is 0. The monoisotopic (exact) mass is 161 g/mol. The number of aliphatic hydroxyl groups is 1. The first-order valence-electron chi connectivity index (χ1n) is 4.39. The average molecular weight is 161 g/mol. The predicted molar refractivity (Wildman–Crippen MR) is 52.9 cm³/mol. The SMILES string of the molecule is CCC(O)C[B]c1ccccc1. The molecule has 0 saturated carbocycles. The Morgan fingerprint density at radius 1 is 1.33 bits per heavy atom. The van der Waals surface area contributed by atoms with E-state index in [4.69, 9.17) is 0 Å². The summed E-state index contributed by atoms with van der Waals surface area (Å²) in [5, 5.41) is 9.29. The van der Waals surface area contributed by atoms with Crippen LogP contribution in [0.25, 0.3) is 0 Å². The van der Waals surface area contributed by atoms with Crippen LogP contribution in [0.3, 0.4) is 0 Å². The number of rotatable bonds is 4. The molecule has 0 bridgehead atoms. The van der Waals surface area contributed by atoms with E-state index in [0.717, 1.165) is 12.7 Å². The number of aliphatic hydroxyl groups excluding tert-OH is 1. The standard InChI is InChI=1S/C10H14BO/c1-2-10(12)8-11-9-6-4-3-5-7-9/h3-7,10,12H,2,8H2,1H3. The van der Waals surface area contributed by atoms with Crippen molar-refractivity contribution < 1.29 is 5.11 Å². The molecule has 0 aliphatic carbocycles. The Labute approximate surface area is 74.7 Å². The molecule has 1 N–H and O–H groups in total. The Kier molecular flexibility index (Phi) is 3.88. The lowest BCUT2D eigenvalue weighted by Crippen LogP contribution is -2.18. The number of benzene rings is 1. The van der Waals surface area contributed by atoms with Gasteiger partial charge in [-0.1, -0.05) is 42.7 Å². The minimum atomic E-state index is -0.190. The van der Waals surface area contributed by atoms with E-state index in [-0.39, 0.29) is 6.10 Å². The van der Waals surface area contributed by atoms with Crippen LogP contribution < -0.4 is 5.46 Å². The zero-order chi connectivity index (χ0) is 8.81. The molecule has 0 spiro atoms. The second-order valence-electron chi connectivity index (χ2n) is 2.91. The van der Waals surface area contributed by atoms with Crippen LogP contribution in [0.15, 0.2) is 30.3 Å². The van der Waals surface area contributed by atoms with Gasteiger partial charge in [-0.3, -0.25) is 0 Å². The van der Waals surface area contributed by atoms with E-state index in [0.29, 0.717) is 0 Å². The Hall–Kier alpha value is -0.755. The maximum absolute atomic E-state index is 9.29. The molecule has 12 heavy (non-hydrogen) atoms. The minimum Gasteiger partial charge on any atom is -0.394 e. The topological polar surface area (TPSA) is 20.2 Å². The quantitative estimate of drug-likeness (QED) is 0.658. The largest absolute Gasteiger partial charge is 0.394 e. The summed E-state index contributed by atoms with van der Waals surface area (Å²) in [6.45, 7) is 1.99. The molecule has 1 atom stereocenters. The molecule has 63 valence electrons. The van der Waals surface area contributed by atoms with Crippen molar-refractivity contribution in [2.45, 2.75) is 25.8 Å². The van der Waals surface area contributed by atoms with Crippen LogP contribution >= 0.6 is 0 Å². The third kappa shape index (κ3) is 3.10. The zero-order valence-electron chi connectivity index (χ0n) is 7.40. The van der Waals surface area contributed by atoms with E-state index >= 15 is 0 Å². The molecule has 0 aliphatic rings. The van der Waals surface area contributed by atoms with Crippen molar-refractivity contribution >= 4 is 12.7 Å². The normalized spacial score (nSPS) is 12.5. The van der Waals surface area contributed by atoms with Gasteiger partial charge in [0.25, 0.3) is 0 Å². The van der Waals surface area contributed by atoms with Crippen LogP contribution in [0, 0.1) is 0 Å². The van der Waals surface area contributed by atoms with E-state index < -0.39 is 0 Å². The summed E-state index contributed by atoms with van der Waals surface area (Å²) in [6, 6.07) is 10.1.